The molecule has 15 heavy (non-hydrogen) atoms. The molecule has 1 fully saturated rings. The van der Waals surface area contributed by atoms with E-state index in [-0.39, 0.29) is 5.60 Å². The van der Waals surface area contributed by atoms with Crippen molar-refractivity contribution in [1.82, 2.24) is 9.88 Å². The summed E-state index contributed by atoms with van der Waals surface area (Å²) >= 11 is 0. The summed E-state index contributed by atoms with van der Waals surface area (Å²) in [5.74, 6) is 1.00. The topological polar surface area (TPSA) is 25.4 Å². The predicted molar refractivity (Wildman–Crippen MR) is 58.0 cm³/mol. The van der Waals surface area contributed by atoms with Crippen LogP contribution in [0.25, 0.3) is 0 Å². The lowest BCUT2D eigenvalue weighted by Gasteiger charge is -2.36. The molecule has 1 aromatic rings. The number of ether oxygens (including phenoxy) is 1. The molecule has 3 rings (SSSR count). The molecule has 0 bridgehead atoms. The second-order valence-corrected chi connectivity index (χ2v) is 4.75. The SMILES string of the molecule is CN1CCC2(CC1)Cc1ccncc1O2. The van der Waals surface area contributed by atoms with Crippen molar-refractivity contribution in [3.8, 4) is 5.75 Å². The monoisotopic (exact) mass is 204 g/mol. The number of hydrogen-bond donors (Lipinski definition) is 0. The zero-order chi connectivity index (χ0) is 10.3. The van der Waals surface area contributed by atoms with Crippen LogP contribution in [0.2, 0.25) is 0 Å². The van der Waals surface area contributed by atoms with Gasteiger partial charge in [0.05, 0.1) is 6.20 Å². The van der Waals surface area contributed by atoms with Gasteiger partial charge in [0.15, 0.2) is 0 Å². The summed E-state index contributed by atoms with van der Waals surface area (Å²) < 4.78 is 6.09. The zero-order valence-corrected chi connectivity index (χ0v) is 9.07. The van der Waals surface area contributed by atoms with Crippen molar-refractivity contribution in [3.63, 3.8) is 0 Å². The summed E-state index contributed by atoms with van der Waals surface area (Å²) in [7, 11) is 2.18. The van der Waals surface area contributed by atoms with Gasteiger partial charge in [-0.2, -0.15) is 0 Å². The van der Waals surface area contributed by atoms with E-state index in [0.717, 1.165) is 38.1 Å². The van der Waals surface area contributed by atoms with Crippen LogP contribution < -0.4 is 4.74 Å². The Morgan fingerprint density at radius 2 is 2.20 bits per heavy atom. The van der Waals surface area contributed by atoms with Gasteiger partial charge >= 0.3 is 0 Å². The first-order valence-electron chi connectivity index (χ1n) is 5.58. The van der Waals surface area contributed by atoms with Crippen molar-refractivity contribution in [2.24, 2.45) is 0 Å². The molecule has 1 aromatic heterocycles. The Labute approximate surface area is 90.1 Å². The molecule has 0 unspecified atom stereocenters. The van der Waals surface area contributed by atoms with Crippen LogP contribution in [-0.2, 0) is 6.42 Å². The summed E-state index contributed by atoms with van der Waals surface area (Å²) in [4.78, 5) is 6.48. The van der Waals surface area contributed by atoms with E-state index in [0.29, 0.717) is 0 Å². The normalized spacial score (nSPS) is 23.8. The molecule has 0 radical (unpaired) electrons. The van der Waals surface area contributed by atoms with E-state index in [2.05, 4.69) is 23.0 Å². The van der Waals surface area contributed by atoms with Gasteiger partial charge in [-0.3, -0.25) is 4.98 Å². The maximum Gasteiger partial charge on any atom is 0.141 e. The molecule has 0 atom stereocenters. The first kappa shape index (κ1) is 9.16. The fraction of sp³-hybridized carbons (Fsp3) is 0.583. The molecule has 3 nitrogen and oxygen atoms in total. The Bertz CT molecular complexity index is 343. The Hall–Kier alpha value is -1.09. The minimum absolute atomic E-state index is 0.0812. The minimum atomic E-state index is 0.0812. The first-order chi connectivity index (χ1) is 7.27. The molecular weight excluding hydrogens is 188 g/mol. The van der Waals surface area contributed by atoms with Crippen LogP contribution in [0.3, 0.4) is 0 Å². The van der Waals surface area contributed by atoms with Crippen molar-refractivity contribution in [3.05, 3.63) is 24.0 Å². The second-order valence-electron chi connectivity index (χ2n) is 4.75. The maximum absolute atomic E-state index is 6.09. The molecule has 0 aliphatic carbocycles. The standard InChI is InChI=1S/C12H16N2O/c1-14-6-3-12(4-7-14)8-10-2-5-13-9-11(10)15-12/h2,5,9H,3-4,6-8H2,1H3. The van der Waals surface area contributed by atoms with Gasteiger partial charge < -0.3 is 9.64 Å². The van der Waals surface area contributed by atoms with Gasteiger partial charge in [-0.1, -0.05) is 0 Å². The summed E-state index contributed by atoms with van der Waals surface area (Å²) in [6.07, 6.45) is 7.05. The highest BCUT2D eigenvalue weighted by Crippen LogP contribution is 2.39. The average molecular weight is 204 g/mol. The van der Waals surface area contributed by atoms with E-state index in [4.69, 9.17) is 4.74 Å². The Kier molecular flexibility index (Phi) is 1.96. The van der Waals surface area contributed by atoms with Crippen molar-refractivity contribution >= 4 is 0 Å². The molecule has 2 aliphatic rings. The third-order valence-electron chi connectivity index (χ3n) is 3.61. The number of likely N-dealkylation sites (tertiary alicyclic amines) is 1. The van der Waals surface area contributed by atoms with Crippen LogP contribution in [0.5, 0.6) is 5.75 Å². The zero-order valence-electron chi connectivity index (χ0n) is 9.07. The molecular formula is C12H16N2O. The third-order valence-corrected chi connectivity index (χ3v) is 3.61. The quantitative estimate of drug-likeness (QED) is 0.640. The highest BCUT2D eigenvalue weighted by Gasteiger charge is 2.41. The van der Waals surface area contributed by atoms with Crippen LogP contribution >= 0.6 is 0 Å². The van der Waals surface area contributed by atoms with Crippen molar-refractivity contribution < 1.29 is 4.74 Å². The van der Waals surface area contributed by atoms with Crippen LogP contribution in [0, 0.1) is 0 Å². The number of piperidine rings is 1. The average Bonchev–Trinajstić information content (AvgIpc) is 2.61. The summed E-state index contributed by atoms with van der Waals surface area (Å²) in [5, 5.41) is 0. The fourth-order valence-electron chi connectivity index (χ4n) is 2.57. The highest BCUT2D eigenvalue weighted by molar-refractivity contribution is 5.36. The maximum atomic E-state index is 6.09. The van der Waals surface area contributed by atoms with E-state index >= 15 is 0 Å². The summed E-state index contributed by atoms with van der Waals surface area (Å²) in [6, 6.07) is 2.09. The van der Waals surface area contributed by atoms with Gasteiger partial charge in [0.25, 0.3) is 0 Å². The molecule has 2 aliphatic heterocycles. The van der Waals surface area contributed by atoms with E-state index in [1.807, 2.05) is 12.4 Å². The van der Waals surface area contributed by atoms with Gasteiger partial charge in [-0.05, 0) is 13.1 Å². The third kappa shape index (κ3) is 1.51. The molecule has 0 aromatic carbocycles. The number of nitrogens with zero attached hydrogens (tertiary/aromatic N) is 2. The Morgan fingerprint density at radius 3 is 2.93 bits per heavy atom. The molecule has 80 valence electrons. The first-order valence-corrected chi connectivity index (χ1v) is 5.58. The molecule has 0 amide bonds. The predicted octanol–water partition coefficient (Wildman–Crippen LogP) is 1.48. The van der Waals surface area contributed by atoms with Gasteiger partial charge in [0, 0.05) is 44.1 Å². The van der Waals surface area contributed by atoms with Crippen molar-refractivity contribution in [2.75, 3.05) is 20.1 Å². The summed E-state index contributed by atoms with van der Waals surface area (Å²) in [6.45, 7) is 2.28. The van der Waals surface area contributed by atoms with Crippen LogP contribution in [0.4, 0.5) is 0 Å². The largest absolute Gasteiger partial charge is 0.485 e. The van der Waals surface area contributed by atoms with Gasteiger partial charge in [0.2, 0.25) is 0 Å². The van der Waals surface area contributed by atoms with Gasteiger partial charge in [-0.15, -0.1) is 0 Å². The van der Waals surface area contributed by atoms with Crippen LogP contribution in [0.1, 0.15) is 18.4 Å². The lowest BCUT2D eigenvalue weighted by atomic mass is 9.87. The second kappa shape index (κ2) is 3.20. The lowest BCUT2D eigenvalue weighted by Crippen LogP contribution is -2.45. The highest BCUT2D eigenvalue weighted by atomic mass is 16.5. The van der Waals surface area contributed by atoms with Gasteiger partial charge in [-0.25, -0.2) is 0 Å². The molecule has 0 N–H and O–H groups in total. The number of pyridine rings is 1. The summed E-state index contributed by atoms with van der Waals surface area (Å²) in [5.41, 5.74) is 1.41. The number of aromatic nitrogens is 1. The lowest BCUT2D eigenvalue weighted by molar-refractivity contribution is 0.0269. The van der Waals surface area contributed by atoms with Crippen molar-refractivity contribution in [2.45, 2.75) is 24.9 Å². The Balaban J connectivity index is 1.83. The van der Waals surface area contributed by atoms with Crippen LogP contribution in [0.15, 0.2) is 18.5 Å². The molecule has 1 saturated heterocycles. The smallest absolute Gasteiger partial charge is 0.141 e. The van der Waals surface area contributed by atoms with E-state index < -0.39 is 0 Å². The Morgan fingerprint density at radius 1 is 1.40 bits per heavy atom. The molecule has 0 saturated carbocycles. The van der Waals surface area contributed by atoms with Crippen LogP contribution in [-0.4, -0.2) is 35.6 Å². The number of fused-ring (bicyclic) bond motifs is 1. The van der Waals surface area contributed by atoms with E-state index in [1.54, 1.807) is 0 Å². The van der Waals surface area contributed by atoms with E-state index in [9.17, 15) is 0 Å². The minimum Gasteiger partial charge on any atom is -0.485 e. The van der Waals surface area contributed by atoms with Gasteiger partial charge in [0.1, 0.15) is 11.4 Å². The van der Waals surface area contributed by atoms with Crippen molar-refractivity contribution in [1.29, 1.82) is 0 Å². The molecule has 1 spiro atoms. The number of rotatable bonds is 0. The molecule has 3 heteroatoms. The molecule has 3 heterocycles. The fourth-order valence-corrected chi connectivity index (χ4v) is 2.57. The number of hydrogen-bond acceptors (Lipinski definition) is 3. The van der Waals surface area contributed by atoms with E-state index in [1.165, 1.54) is 5.56 Å².